The van der Waals surface area contributed by atoms with Crippen LogP contribution in [0.4, 0.5) is 0 Å². The molecule has 0 spiro atoms. The van der Waals surface area contributed by atoms with Gasteiger partial charge in [-0.1, -0.05) is 0 Å². The van der Waals surface area contributed by atoms with Gasteiger partial charge in [-0.15, -0.1) is 0 Å². The normalized spacial score (nSPS) is 9.92. The van der Waals surface area contributed by atoms with E-state index in [-0.39, 0.29) is 0 Å². The zero-order valence-electron chi connectivity index (χ0n) is 7.32. The molecule has 0 radical (unpaired) electrons. The smallest absolute Gasteiger partial charge is 0.146 e. The maximum Gasteiger partial charge on any atom is 0.146 e. The fourth-order valence-electron chi connectivity index (χ4n) is 1.24. The summed E-state index contributed by atoms with van der Waals surface area (Å²) in [5.41, 5.74) is 1.81. The van der Waals surface area contributed by atoms with Crippen molar-refractivity contribution in [1.82, 2.24) is 9.97 Å². The topological polar surface area (TPSA) is 37.9 Å². The van der Waals surface area contributed by atoms with E-state index in [9.17, 15) is 0 Å². The number of ether oxygens (including phenoxy) is 1. The summed E-state index contributed by atoms with van der Waals surface area (Å²) >= 11 is 0. The molecular formula is C10H10N2O. The molecule has 0 amide bonds. The lowest BCUT2D eigenvalue weighted by Crippen LogP contribution is -1.90. The Morgan fingerprint density at radius 3 is 2.92 bits per heavy atom. The number of aromatic amines is 1. The maximum absolute atomic E-state index is 5.19. The van der Waals surface area contributed by atoms with Crippen molar-refractivity contribution in [1.29, 1.82) is 0 Å². The summed E-state index contributed by atoms with van der Waals surface area (Å²) < 4.78 is 5.19. The van der Waals surface area contributed by atoms with E-state index in [1.54, 1.807) is 13.3 Å². The second-order valence-corrected chi connectivity index (χ2v) is 2.64. The highest BCUT2D eigenvalue weighted by Crippen LogP contribution is 2.24. The standard InChI is InChI=1S/C10H10N2O/c1-13-9-5-3-7-12-10(9)8-4-2-6-11-8/h2-7,11H,1H3. The SMILES string of the molecule is COc1cccnc1-c1ccc[nH]1. The van der Waals surface area contributed by atoms with Gasteiger partial charge >= 0.3 is 0 Å². The molecule has 0 bridgehead atoms. The van der Waals surface area contributed by atoms with Gasteiger partial charge in [0.25, 0.3) is 0 Å². The average molecular weight is 174 g/mol. The van der Waals surface area contributed by atoms with E-state index in [0.29, 0.717) is 0 Å². The van der Waals surface area contributed by atoms with Crippen LogP contribution in [0.3, 0.4) is 0 Å². The lowest BCUT2D eigenvalue weighted by atomic mass is 10.2. The molecular weight excluding hydrogens is 164 g/mol. The third-order valence-electron chi connectivity index (χ3n) is 1.84. The lowest BCUT2D eigenvalue weighted by Gasteiger charge is -2.04. The highest BCUT2D eigenvalue weighted by atomic mass is 16.5. The molecule has 0 aromatic carbocycles. The van der Waals surface area contributed by atoms with Gasteiger partial charge in [0.1, 0.15) is 11.4 Å². The Kier molecular flexibility index (Phi) is 2.00. The molecule has 0 aliphatic rings. The van der Waals surface area contributed by atoms with E-state index >= 15 is 0 Å². The largest absolute Gasteiger partial charge is 0.494 e. The number of methoxy groups -OCH3 is 1. The third kappa shape index (κ3) is 1.40. The van der Waals surface area contributed by atoms with Crippen LogP contribution in [-0.2, 0) is 0 Å². The van der Waals surface area contributed by atoms with Crippen LogP contribution in [0.5, 0.6) is 5.75 Å². The zero-order chi connectivity index (χ0) is 9.10. The molecule has 0 unspecified atom stereocenters. The molecule has 0 saturated heterocycles. The minimum atomic E-state index is 0.782. The van der Waals surface area contributed by atoms with Gasteiger partial charge < -0.3 is 9.72 Å². The van der Waals surface area contributed by atoms with Crippen molar-refractivity contribution >= 4 is 0 Å². The Morgan fingerprint density at radius 2 is 2.23 bits per heavy atom. The van der Waals surface area contributed by atoms with Crippen molar-refractivity contribution in [3.05, 3.63) is 36.7 Å². The molecule has 13 heavy (non-hydrogen) atoms. The Hall–Kier alpha value is -1.77. The van der Waals surface area contributed by atoms with Crippen LogP contribution >= 0.6 is 0 Å². The fourth-order valence-corrected chi connectivity index (χ4v) is 1.24. The van der Waals surface area contributed by atoms with Gasteiger partial charge in [0.2, 0.25) is 0 Å². The number of pyridine rings is 1. The van der Waals surface area contributed by atoms with Gasteiger partial charge in [-0.2, -0.15) is 0 Å². The highest BCUT2D eigenvalue weighted by Gasteiger charge is 2.05. The number of hydrogen-bond donors (Lipinski definition) is 1. The number of aromatic nitrogens is 2. The molecule has 0 saturated carbocycles. The monoisotopic (exact) mass is 174 g/mol. The molecule has 0 fully saturated rings. The Balaban J connectivity index is 2.51. The Morgan fingerprint density at radius 1 is 1.31 bits per heavy atom. The number of nitrogens with zero attached hydrogens (tertiary/aromatic N) is 1. The van der Waals surface area contributed by atoms with E-state index in [1.165, 1.54) is 0 Å². The van der Waals surface area contributed by atoms with Gasteiger partial charge in [-0.05, 0) is 24.3 Å². The molecule has 0 atom stereocenters. The summed E-state index contributed by atoms with van der Waals surface area (Å²) in [6.45, 7) is 0. The average Bonchev–Trinajstić information content (AvgIpc) is 2.70. The van der Waals surface area contributed by atoms with E-state index in [1.807, 2.05) is 30.5 Å². The molecule has 0 aliphatic heterocycles. The van der Waals surface area contributed by atoms with Gasteiger partial charge in [0, 0.05) is 12.4 Å². The fraction of sp³-hybridized carbons (Fsp3) is 0.100. The molecule has 2 aromatic heterocycles. The molecule has 2 rings (SSSR count). The van der Waals surface area contributed by atoms with E-state index in [2.05, 4.69) is 9.97 Å². The molecule has 1 N–H and O–H groups in total. The number of rotatable bonds is 2. The molecule has 3 nitrogen and oxygen atoms in total. The van der Waals surface area contributed by atoms with Crippen LogP contribution in [0.25, 0.3) is 11.4 Å². The quantitative estimate of drug-likeness (QED) is 0.756. The Bertz CT molecular complexity index is 382. The van der Waals surface area contributed by atoms with Crippen molar-refractivity contribution < 1.29 is 4.74 Å². The van der Waals surface area contributed by atoms with Crippen molar-refractivity contribution in [2.75, 3.05) is 7.11 Å². The summed E-state index contributed by atoms with van der Waals surface area (Å²) in [5.74, 6) is 0.782. The van der Waals surface area contributed by atoms with Crippen LogP contribution in [0.15, 0.2) is 36.7 Å². The summed E-state index contributed by atoms with van der Waals surface area (Å²) in [6.07, 6.45) is 3.61. The molecule has 0 aliphatic carbocycles. The Labute approximate surface area is 76.4 Å². The van der Waals surface area contributed by atoms with Crippen molar-refractivity contribution in [2.24, 2.45) is 0 Å². The summed E-state index contributed by atoms with van der Waals surface area (Å²) in [4.78, 5) is 7.32. The lowest BCUT2D eigenvalue weighted by molar-refractivity contribution is 0.414. The van der Waals surface area contributed by atoms with Gasteiger partial charge in [-0.3, -0.25) is 4.98 Å². The van der Waals surface area contributed by atoms with Crippen molar-refractivity contribution in [3.63, 3.8) is 0 Å². The second-order valence-electron chi connectivity index (χ2n) is 2.64. The predicted octanol–water partition coefficient (Wildman–Crippen LogP) is 2.09. The van der Waals surface area contributed by atoms with Crippen LogP contribution in [0.1, 0.15) is 0 Å². The van der Waals surface area contributed by atoms with Gasteiger partial charge in [0.15, 0.2) is 0 Å². The predicted molar refractivity (Wildman–Crippen MR) is 50.6 cm³/mol. The summed E-state index contributed by atoms with van der Waals surface area (Å²) in [5, 5.41) is 0. The van der Waals surface area contributed by atoms with Crippen LogP contribution < -0.4 is 4.74 Å². The van der Waals surface area contributed by atoms with E-state index in [0.717, 1.165) is 17.1 Å². The van der Waals surface area contributed by atoms with Crippen LogP contribution in [0, 0.1) is 0 Å². The first kappa shape index (κ1) is 7.86. The summed E-state index contributed by atoms with van der Waals surface area (Å²) in [7, 11) is 1.64. The van der Waals surface area contributed by atoms with Gasteiger partial charge in [0.05, 0.1) is 12.8 Å². The van der Waals surface area contributed by atoms with Crippen LogP contribution in [-0.4, -0.2) is 17.1 Å². The minimum absolute atomic E-state index is 0.782. The number of H-pyrrole nitrogens is 1. The van der Waals surface area contributed by atoms with Crippen LogP contribution in [0.2, 0.25) is 0 Å². The molecule has 3 heteroatoms. The third-order valence-corrected chi connectivity index (χ3v) is 1.84. The van der Waals surface area contributed by atoms with Crippen molar-refractivity contribution in [3.8, 4) is 17.1 Å². The maximum atomic E-state index is 5.19. The second kappa shape index (κ2) is 3.31. The van der Waals surface area contributed by atoms with E-state index < -0.39 is 0 Å². The first-order valence-corrected chi connectivity index (χ1v) is 4.04. The number of hydrogen-bond acceptors (Lipinski definition) is 2. The first-order chi connectivity index (χ1) is 6.42. The van der Waals surface area contributed by atoms with E-state index in [4.69, 9.17) is 4.74 Å². The summed E-state index contributed by atoms with van der Waals surface area (Å²) in [6, 6.07) is 7.64. The van der Waals surface area contributed by atoms with Gasteiger partial charge in [-0.25, -0.2) is 0 Å². The molecule has 66 valence electrons. The highest BCUT2D eigenvalue weighted by molar-refractivity contribution is 5.62. The first-order valence-electron chi connectivity index (χ1n) is 4.04. The zero-order valence-corrected chi connectivity index (χ0v) is 7.32. The minimum Gasteiger partial charge on any atom is -0.494 e. The molecule has 2 aromatic rings. The molecule has 2 heterocycles. The van der Waals surface area contributed by atoms with Crippen molar-refractivity contribution in [2.45, 2.75) is 0 Å². The number of nitrogens with one attached hydrogen (secondary N) is 1.